The van der Waals surface area contributed by atoms with Crippen molar-refractivity contribution < 1.29 is 0 Å². The number of rotatable bonds is 13. The van der Waals surface area contributed by atoms with E-state index in [1.54, 1.807) is 12.3 Å². The second-order valence-electron chi connectivity index (χ2n) is 8.84. The van der Waals surface area contributed by atoms with E-state index in [0.717, 1.165) is 24.3 Å². The molecule has 0 saturated heterocycles. The SMILES string of the molecule is C=C/C=C(\C=C/N(C)Cc1ccc(CCC)c(C)c1)C(/C=C\N=C)=N/CNC1CCCCC1. The molecule has 0 heterocycles. The molecule has 0 amide bonds. The number of aliphatic imine (C=N–C) groups is 2. The first-order valence-electron chi connectivity index (χ1n) is 12.3. The lowest BCUT2D eigenvalue weighted by Gasteiger charge is -2.22. The Balaban J connectivity index is 2.07. The second-order valence-corrected chi connectivity index (χ2v) is 8.84. The number of nitrogens with one attached hydrogen (secondary N) is 1. The van der Waals surface area contributed by atoms with E-state index in [0.29, 0.717) is 12.7 Å². The normalized spacial score (nSPS) is 16.0. The molecule has 33 heavy (non-hydrogen) atoms. The molecule has 1 saturated carbocycles. The molecule has 0 spiro atoms. The van der Waals surface area contributed by atoms with Gasteiger partial charge in [-0.1, -0.05) is 69.5 Å². The van der Waals surface area contributed by atoms with Crippen molar-refractivity contribution >= 4 is 12.4 Å². The van der Waals surface area contributed by atoms with Gasteiger partial charge in [0, 0.05) is 31.4 Å². The molecule has 0 bridgehead atoms. The minimum Gasteiger partial charge on any atom is -0.376 e. The quantitative estimate of drug-likeness (QED) is 0.276. The third-order valence-corrected chi connectivity index (χ3v) is 6.03. The van der Waals surface area contributed by atoms with Crippen molar-refractivity contribution in [2.45, 2.75) is 71.4 Å². The highest BCUT2D eigenvalue weighted by atomic mass is 15.1. The zero-order valence-electron chi connectivity index (χ0n) is 20.9. The van der Waals surface area contributed by atoms with E-state index in [9.17, 15) is 0 Å². The van der Waals surface area contributed by atoms with E-state index in [4.69, 9.17) is 4.99 Å². The largest absolute Gasteiger partial charge is 0.376 e. The molecule has 1 aliphatic carbocycles. The molecule has 0 aromatic heterocycles. The van der Waals surface area contributed by atoms with Gasteiger partial charge < -0.3 is 4.90 Å². The third-order valence-electron chi connectivity index (χ3n) is 6.03. The first-order chi connectivity index (χ1) is 16.1. The second kappa shape index (κ2) is 15.2. The zero-order valence-corrected chi connectivity index (χ0v) is 20.9. The van der Waals surface area contributed by atoms with Gasteiger partial charge in [0.1, 0.15) is 0 Å². The molecule has 178 valence electrons. The molecule has 0 unspecified atom stereocenters. The minimum atomic E-state index is 0.575. The monoisotopic (exact) mass is 446 g/mol. The van der Waals surface area contributed by atoms with Crippen LogP contribution in [0.4, 0.5) is 0 Å². The lowest BCUT2D eigenvalue weighted by Crippen LogP contribution is -2.31. The van der Waals surface area contributed by atoms with Crippen LogP contribution < -0.4 is 5.32 Å². The number of aryl methyl sites for hydroxylation is 2. The summed E-state index contributed by atoms with van der Waals surface area (Å²) in [6.07, 6.45) is 20.4. The van der Waals surface area contributed by atoms with E-state index >= 15 is 0 Å². The summed E-state index contributed by atoms with van der Waals surface area (Å²) in [5.41, 5.74) is 6.00. The molecule has 1 aromatic rings. The Kier molecular flexibility index (Phi) is 12.2. The summed E-state index contributed by atoms with van der Waals surface area (Å²) in [6, 6.07) is 7.39. The average molecular weight is 447 g/mol. The van der Waals surface area contributed by atoms with Crippen LogP contribution in [0.2, 0.25) is 0 Å². The van der Waals surface area contributed by atoms with Gasteiger partial charge in [0.25, 0.3) is 0 Å². The lowest BCUT2D eigenvalue weighted by atomic mass is 9.96. The van der Waals surface area contributed by atoms with Crippen LogP contribution >= 0.6 is 0 Å². The molecule has 0 aliphatic heterocycles. The van der Waals surface area contributed by atoms with Crippen LogP contribution in [0.15, 0.2) is 77.0 Å². The molecular formula is C29H42N4. The van der Waals surface area contributed by atoms with E-state index in [1.807, 2.05) is 12.2 Å². The van der Waals surface area contributed by atoms with E-state index in [2.05, 4.69) is 79.9 Å². The highest BCUT2D eigenvalue weighted by Crippen LogP contribution is 2.17. The Morgan fingerprint density at radius 3 is 2.67 bits per heavy atom. The van der Waals surface area contributed by atoms with Crippen LogP contribution in [0, 0.1) is 6.92 Å². The first kappa shape index (κ1) is 26.5. The molecule has 0 radical (unpaired) electrons. The Morgan fingerprint density at radius 2 is 2.00 bits per heavy atom. The van der Waals surface area contributed by atoms with Crippen LogP contribution in [0.3, 0.4) is 0 Å². The summed E-state index contributed by atoms with van der Waals surface area (Å²) in [7, 11) is 2.10. The molecule has 1 aromatic carbocycles. The van der Waals surface area contributed by atoms with Crippen LogP contribution in [0.25, 0.3) is 0 Å². The number of hydrogen-bond acceptors (Lipinski definition) is 4. The summed E-state index contributed by atoms with van der Waals surface area (Å²) in [6.45, 7) is 13.3. The molecular weight excluding hydrogens is 404 g/mol. The number of nitrogens with zero attached hydrogens (tertiary/aromatic N) is 3. The van der Waals surface area contributed by atoms with Gasteiger partial charge in [-0.2, -0.15) is 0 Å². The van der Waals surface area contributed by atoms with Gasteiger partial charge in [-0.15, -0.1) is 0 Å². The van der Waals surface area contributed by atoms with Crippen molar-refractivity contribution in [1.82, 2.24) is 10.2 Å². The summed E-state index contributed by atoms with van der Waals surface area (Å²) in [5, 5.41) is 3.59. The van der Waals surface area contributed by atoms with Crippen LogP contribution in [-0.4, -0.2) is 37.1 Å². The predicted octanol–water partition coefficient (Wildman–Crippen LogP) is 6.54. The van der Waals surface area contributed by atoms with Crippen molar-refractivity contribution in [1.29, 1.82) is 0 Å². The molecule has 4 heteroatoms. The number of hydrogen-bond donors (Lipinski definition) is 1. The van der Waals surface area contributed by atoms with Crippen LogP contribution in [0.1, 0.15) is 62.1 Å². The molecule has 0 atom stereocenters. The highest BCUT2D eigenvalue weighted by molar-refractivity contribution is 6.10. The van der Waals surface area contributed by atoms with Crippen molar-refractivity contribution in [3.8, 4) is 0 Å². The van der Waals surface area contributed by atoms with Crippen LogP contribution in [0.5, 0.6) is 0 Å². The summed E-state index contributed by atoms with van der Waals surface area (Å²) in [4.78, 5) is 10.9. The van der Waals surface area contributed by atoms with Crippen LogP contribution in [-0.2, 0) is 13.0 Å². The Hall–Kier alpha value is -2.72. The standard InChI is InChI=1S/C29H42N4/c1-6-11-26-16-15-25(21-24(26)3)22-33(5)20-18-27(12-7-2)29(17-19-30-4)32-23-31-28-13-9-8-10-14-28/h7,12,15-21,28,31H,2,4,6,8-11,13-14,22-23H2,1,3,5H3/b19-17-,20-18-,27-12+,32-29+. The van der Waals surface area contributed by atoms with Gasteiger partial charge >= 0.3 is 0 Å². The van der Waals surface area contributed by atoms with Crippen molar-refractivity contribution in [3.63, 3.8) is 0 Å². The molecule has 1 N–H and O–H groups in total. The van der Waals surface area contributed by atoms with Crippen molar-refractivity contribution in [3.05, 3.63) is 83.7 Å². The minimum absolute atomic E-state index is 0.575. The van der Waals surface area contributed by atoms with E-state index < -0.39 is 0 Å². The fraction of sp³-hybridized carbons (Fsp3) is 0.448. The van der Waals surface area contributed by atoms with E-state index in [-0.39, 0.29) is 0 Å². The van der Waals surface area contributed by atoms with E-state index in [1.165, 1.54) is 55.2 Å². The summed E-state index contributed by atoms with van der Waals surface area (Å²) >= 11 is 0. The molecule has 4 nitrogen and oxygen atoms in total. The molecule has 2 rings (SSSR count). The van der Waals surface area contributed by atoms with Gasteiger partial charge in [0.05, 0.1) is 12.4 Å². The maximum atomic E-state index is 4.82. The van der Waals surface area contributed by atoms with Gasteiger partial charge in [-0.25, -0.2) is 0 Å². The fourth-order valence-corrected chi connectivity index (χ4v) is 4.24. The van der Waals surface area contributed by atoms with Gasteiger partial charge in [-0.05, 0) is 67.9 Å². The summed E-state index contributed by atoms with van der Waals surface area (Å²) in [5.74, 6) is 0. The maximum Gasteiger partial charge on any atom is 0.0894 e. The Labute approximate surface area is 201 Å². The maximum absolute atomic E-state index is 4.82. The number of benzene rings is 1. The molecule has 1 aliphatic rings. The van der Waals surface area contributed by atoms with Gasteiger partial charge in [-0.3, -0.25) is 15.3 Å². The summed E-state index contributed by atoms with van der Waals surface area (Å²) < 4.78 is 0. The van der Waals surface area contributed by atoms with Crippen molar-refractivity contribution in [2.75, 3.05) is 13.7 Å². The highest BCUT2D eigenvalue weighted by Gasteiger charge is 2.12. The zero-order chi connectivity index (χ0) is 23.9. The van der Waals surface area contributed by atoms with Gasteiger partial charge in [0.15, 0.2) is 0 Å². The average Bonchev–Trinajstić information content (AvgIpc) is 2.81. The smallest absolute Gasteiger partial charge is 0.0894 e. The first-order valence-corrected chi connectivity index (χ1v) is 12.3. The molecule has 1 fully saturated rings. The Morgan fingerprint density at radius 1 is 1.21 bits per heavy atom. The number of allylic oxidation sites excluding steroid dienone is 5. The fourth-order valence-electron chi connectivity index (χ4n) is 4.24. The predicted molar refractivity (Wildman–Crippen MR) is 145 cm³/mol. The lowest BCUT2D eigenvalue weighted by molar-refractivity contribution is 0.378. The Bertz CT molecular complexity index is 870. The topological polar surface area (TPSA) is 40.0 Å². The van der Waals surface area contributed by atoms with Gasteiger partial charge in [0.2, 0.25) is 0 Å². The third kappa shape index (κ3) is 9.75. The van der Waals surface area contributed by atoms with Crippen molar-refractivity contribution in [2.24, 2.45) is 9.98 Å².